The van der Waals surface area contributed by atoms with Gasteiger partial charge in [0, 0.05) is 12.6 Å². The number of para-hydroxylation sites is 1. The van der Waals surface area contributed by atoms with E-state index in [0.29, 0.717) is 18.3 Å². The first kappa shape index (κ1) is 11.3. The minimum Gasteiger partial charge on any atom is -0.308 e. The average molecular weight is 250 g/mol. The average Bonchev–Trinajstić information content (AvgIpc) is 3.06. The van der Waals surface area contributed by atoms with Crippen molar-refractivity contribution in [3.8, 4) is 5.69 Å². The topological polar surface area (TPSA) is 42.7 Å². The Morgan fingerprint density at radius 2 is 2.00 bits per heavy atom. The molecule has 1 aromatic heterocycles. The molecule has 0 amide bonds. The van der Waals surface area contributed by atoms with Crippen molar-refractivity contribution in [2.24, 2.45) is 0 Å². The molecule has 1 saturated carbocycles. The molecule has 0 saturated heterocycles. The maximum absolute atomic E-state index is 13.7. The van der Waals surface area contributed by atoms with Crippen molar-refractivity contribution in [1.29, 1.82) is 0 Å². The third kappa shape index (κ3) is 2.11. The standard InChI is InChI=1S/C12H12F2N4/c13-10-2-1-3-11(14)12(10)18-9(7-16-17-18)6-15-8-4-5-8/h1-3,7-8,15H,4-6H2. The Kier molecular flexibility index (Phi) is 2.79. The Morgan fingerprint density at radius 1 is 1.28 bits per heavy atom. The van der Waals surface area contributed by atoms with Gasteiger partial charge >= 0.3 is 0 Å². The fourth-order valence-corrected chi connectivity index (χ4v) is 1.79. The zero-order valence-electron chi connectivity index (χ0n) is 9.61. The number of hydrogen-bond donors (Lipinski definition) is 1. The first-order valence-electron chi connectivity index (χ1n) is 5.83. The molecule has 6 heteroatoms. The highest BCUT2D eigenvalue weighted by molar-refractivity contribution is 5.35. The maximum Gasteiger partial charge on any atom is 0.151 e. The van der Waals surface area contributed by atoms with Gasteiger partial charge in [0.2, 0.25) is 0 Å². The fourth-order valence-electron chi connectivity index (χ4n) is 1.79. The van der Waals surface area contributed by atoms with Crippen molar-refractivity contribution in [2.75, 3.05) is 0 Å². The number of halogens is 2. The molecule has 3 rings (SSSR count). The summed E-state index contributed by atoms with van der Waals surface area (Å²) in [4.78, 5) is 0. The molecule has 1 aromatic carbocycles. The van der Waals surface area contributed by atoms with Gasteiger partial charge in [0.1, 0.15) is 5.69 Å². The largest absolute Gasteiger partial charge is 0.308 e. The number of benzene rings is 1. The van der Waals surface area contributed by atoms with Gasteiger partial charge in [-0.3, -0.25) is 0 Å². The Bertz CT molecular complexity index is 543. The first-order chi connectivity index (χ1) is 8.75. The van der Waals surface area contributed by atoms with Crippen LogP contribution in [-0.4, -0.2) is 21.0 Å². The lowest BCUT2D eigenvalue weighted by atomic mass is 10.3. The quantitative estimate of drug-likeness (QED) is 0.899. The van der Waals surface area contributed by atoms with Crippen molar-refractivity contribution in [1.82, 2.24) is 20.3 Å². The summed E-state index contributed by atoms with van der Waals surface area (Å²) < 4.78 is 28.5. The normalized spacial score (nSPS) is 15.0. The number of rotatable bonds is 4. The predicted molar refractivity (Wildman–Crippen MR) is 61.1 cm³/mol. The molecule has 0 spiro atoms. The number of aromatic nitrogens is 3. The molecule has 0 aliphatic heterocycles. The second-order valence-corrected chi connectivity index (χ2v) is 4.36. The second-order valence-electron chi connectivity index (χ2n) is 4.36. The van der Waals surface area contributed by atoms with Crippen molar-refractivity contribution >= 4 is 0 Å². The summed E-state index contributed by atoms with van der Waals surface area (Å²) in [6.07, 6.45) is 3.81. The summed E-state index contributed by atoms with van der Waals surface area (Å²) in [5.74, 6) is -1.29. The molecule has 1 aliphatic carbocycles. The van der Waals surface area contributed by atoms with Crippen molar-refractivity contribution in [3.63, 3.8) is 0 Å². The molecule has 2 aromatic rings. The van der Waals surface area contributed by atoms with E-state index in [9.17, 15) is 8.78 Å². The van der Waals surface area contributed by atoms with E-state index in [1.807, 2.05) is 0 Å². The third-order valence-corrected chi connectivity index (χ3v) is 2.92. The van der Waals surface area contributed by atoms with Crippen LogP contribution in [0, 0.1) is 11.6 Å². The maximum atomic E-state index is 13.7. The summed E-state index contributed by atoms with van der Waals surface area (Å²) in [5, 5.41) is 10.7. The Hall–Kier alpha value is -1.82. The van der Waals surface area contributed by atoms with Crippen LogP contribution in [0.4, 0.5) is 8.78 Å². The molecular weight excluding hydrogens is 238 g/mol. The van der Waals surface area contributed by atoms with Crippen LogP contribution in [0.25, 0.3) is 5.69 Å². The lowest BCUT2D eigenvalue weighted by Gasteiger charge is -2.08. The van der Waals surface area contributed by atoms with Crippen molar-refractivity contribution < 1.29 is 8.78 Å². The molecule has 0 unspecified atom stereocenters. The lowest BCUT2D eigenvalue weighted by Crippen LogP contribution is -2.18. The highest BCUT2D eigenvalue weighted by Crippen LogP contribution is 2.21. The van der Waals surface area contributed by atoms with E-state index >= 15 is 0 Å². The van der Waals surface area contributed by atoms with Gasteiger partial charge in [0.05, 0.1) is 11.9 Å². The lowest BCUT2D eigenvalue weighted by molar-refractivity contribution is 0.546. The molecule has 18 heavy (non-hydrogen) atoms. The van der Waals surface area contributed by atoms with E-state index in [1.165, 1.54) is 29.1 Å². The molecule has 0 bridgehead atoms. The van der Waals surface area contributed by atoms with Crippen LogP contribution < -0.4 is 5.32 Å². The first-order valence-corrected chi connectivity index (χ1v) is 5.83. The van der Waals surface area contributed by atoms with Gasteiger partial charge < -0.3 is 5.32 Å². The zero-order valence-corrected chi connectivity index (χ0v) is 9.61. The Morgan fingerprint density at radius 3 is 2.67 bits per heavy atom. The van der Waals surface area contributed by atoms with Crippen LogP contribution in [-0.2, 0) is 6.54 Å². The van der Waals surface area contributed by atoms with Crippen molar-refractivity contribution in [2.45, 2.75) is 25.4 Å². The summed E-state index contributed by atoms with van der Waals surface area (Å²) in [7, 11) is 0. The summed E-state index contributed by atoms with van der Waals surface area (Å²) >= 11 is 0. The van der Waals surface area contributed by atoms with E-state index < -0.39 is 11.6 Å². The van der Waals surface area contributed by atoms with Crippen LogP contribution in [0.2, 0.25) is 0 Å². The molecule has 1 N–H and O–H groups in total. The Balaban J connectivity index is 1.93. The third-order valence-electron chi connectivity index (χ3n) is 2.92. The molecule has 1 heterocycles. The van der Waals surface area contributed by atoms with Crippen LogP contribution in [0.15, 0.2) is 24.4 Å². The number of nitrogens with zero attached hydrogens (tertiary/aromatic N) is 3. The monoisotopic (exact) mass is 250 g/mol. The van der Waals surface area contributed by atoms with Gasteiger partial charge in [-0.1, -0.05) is 11.3 Å². The van der Waals surface area contributed by atoms with Crippen LogP contribution in [0.3, 0.4) is 0 Å². The van der Waals surface area contributed by atoms with Crippen LogP contribution >= 0.6 is 0 Å². The molecule has 1 aliphatic rings. The summed E-state index contributed by atoms with van der Waals surface area (Å²) in [5.41, 5.74) is 0.466. The molecule has 4 nitrogen and oxygen atoms in total. The van der Waals surface area contributed by atoms with Gasteiger partial charge in [0.25, 0.3) is 0 Å². The Labute approximate surface area is 103 Å². The molecule has 94 valence electrons. The van der Waals surface area contributed by atoms with Gasteiger partial charge in [-0.25, -0.2) is 13.5 Å². The van der Waals surface area contributed by atoms with E-state index in [4.69, 9.17) is 0 Å². The van der Waals surface area contributed by atoms with E-state index in [2.05, 4.69) is 15.6 Å². The van der Waals surface area contributed by atoms with Crippen LogP contribution in [0.5, 0.6) is 0 Å². The van der Waals surface area contributed by atoms with Gasteiger partial charge in [0.15, 0.2) is 11.6 Å². The number of hydrogen-bond acceptors (Lipinski definition) is 3. The SMILES string of the molecule is Fc1cccc(F)c1-n1nncc1CNC1CC1. The minimum atomic E-state index is -0.645. The zero-order chi connectivity index (χ0) is 12.5. The van der Waals surface area contributed by atoms with Gasteiger partial charge in [-0.05, 0) is 25.0 Å². The molecule has 1 fully saturated rings. The van der Waals surface area contributed by atoms with E-state index in [-0.39, 0.29) is 5.69 Å². The van der Waals surface area contributed by atoms with Crippen molar-refractivity contribution in [3.05, 3.63) is 41.7 Å². The van der Waals surface area contributed by atoms with Gasteiger partial charge in [-0.2, -0.15) is 0 Å². The fraction of sp³-hybridized carbons (Fsp3) is 0.333. The van der Waals surface area contributed by atoms with E-state index in [1.54, 1.807) is 0 Å². The highest BCUT2D eigenvalue weighted by atomic mass is 19.1. The smallest absolute Gasteiger partial charge is 0.151 e. The molecular formula is C12H12F2N4. The second kappa shape index (κ2) is 4.45. The van der Waals surface area contributed by atoms with E-state index in [0.717, 1.165) is 12.8 Å². The van der Waals surface area contributed by atoms with Crippen LogP contribution in [0.1, 0.15) is 18.5 Å². The highest BCUT2D eigenvalue weighted by Gasteiger charge is 2.22. The van der Waals surface area contributed by atoms with Gasteiger partial charge in [-0.15, -0.1) is 5.10 Å². The summed E-state index contributed by atoms with van der Waals surface area (Å²) in [6.45, 7) is 0.505. The molecule has 0 radical (unpaired) electrons. The number of nitrogens with one attached hydrogen (secondary N) is 1. The minimum absolute atomic E-state index is 0.178. The molecule has 0 atom stereocenters. The predicted octanol–water partition coefficient (Wildman–Crippen LogP) is 1.80. The summed E-state index contributed by atoms with van der Waals surface area (Å²) in [6, 6.07) is 4.25.